The Morgan fingerprint density at radius 1 is 0.879 bits per heavy atom. The minimum atomic E-state index is -3.62. The summed E-state index contributed by atoms with van der Waals surface area (Å²) in [6, 6.07) is 28.4. The number of thioether (sulfide) groups is 1. The summed E-state index contributed by atoms with van der Waals surface area (Å²) >= 11 is 1.53. The number of rotatable bonds is 9. The smallest absolute Gasteiger partial charge is 0.240 e. The maximum atomic E-state index is 12.9. The molecular formula is C25H24N4O2S2. The predicted octanol–water partition coefficient (Wildman–Crippen LogP) is 4.96. The summed E-state index contributed by atoms with van der Waals surface area (Å²) in [5.41, 5.74) is 2.04. The molecule has 1 aliphatic carbocycles. The molecule has 1 aromatic heterocycles. The second-order valence-corrected chi connectivity index (χ2v) is 10.9. The van der Waals surface area contributed by atoms with Crippen LogP contribution in [-0.2, 0) is 10.0 Å². The Kier molecular flexibility index (Phi) is 6.30. The highest BCUT2D eigenvalue weighted by atomic mass is 32.2. The second kappa shape index (κ2) is 9.51. The van der Waals surface area contributed by atoms with Crippen LogP contribution in [0, 0.1) is 0 Å². The molecule has 4 aromatic rings. The molecule has 33 heavy (non-hydrogen) atoms. The molecule has 1 unspecified atom stereocenters. The number of nitrogens with zero attached hydrogens (tertiary/aromatic N) is 3. The van der Waals surface area contributed by atoms with E-state index < -0.39 is 10.0 Å². The minimum absolute atomic E-state index is 0.177. The van der Waals surface area contributed by atoms with Crippen molar-refractivity contribution >= 4 is 21.8 Å². The van der Waals surface area contributed by atoms with E-state index in [-0.39, 0.29) is 16.7 Å². The first-order valence-corrected chi connectivity index (χ1v) is 13.2. The number of benzene rings is 3. The van der Waals surface area contributed by atoms with Crippen molar-refractivity contribution in [2.45, 2.75) is 34.1 Å². The summed E-state index contributed by atoms with van der Waals surface area (Å²) in [6.07, 6.45) is 2.24. The van der Waals surface area contributed by atoms with Gasteiger partial charge in [-0.1, -0.05) is 78.5 Å². The van der Waals surface area contributed by atoms with Crippen LogP contribution in [0.5, 0.6) is 0 Å². The summed E-state index contributed by atoms with van der Waals surface area (Å²) in [6.45, 7) is 0.228. The summed E-state index contributed by atoms with van der Waals surface area (Å²) < 4.78 is 30.6. The van der Waals surface area contributed by atoms with Crippen molar-refractivity contribution in [1.29, 1.82) is 0 Å². The zero-order valence-corrected chi connectivity index (χ0v) is 19.5. The summed E-state index contributed by atoms with van der Waals surface area (Å²) in [5, 5.41) is 9.61. The maximum absolute atomic E-state index is 12.9. The third kappa shape index (κ3) is 5.03. The quantitative estimate of drug-likeness (QED) is 0.346. The van der Waals surface area contributed by atoms with Crippen molar-refractivity contribution in [3.63, 3.8) is 0 Å². The average molecular weight is 477 g/mol. The molecule has 0 spiro atoms. The van der Waals surface area contributed by atoms with Gasteiger partial charge in [0.25, 0.3) is 0 Å². The minimum Gasteiger partial charge on any atom is -0.274 e. The van der Waals surface area contributed by atoms with E-state index in [1.54, 1.807) is 30.3 Å². The maximum Gasteiger partial charge on any atom is 0.240 e. The SMILES string of the molecule is O=S(=O)(NCC(Sc1nnc(C2CC2)n1-c1ccccc1)c1ccccc1)c1ccccc1. The molecule has 1 atom stereocenters. The lowest BCUT2D eigenvalue weighted by molar-refractivity contribution is 0.581. The van der Waals surface area contributed by atoms with Crippen molar-refractivity contribution in [2.24, 2.45) is 0 Å². The summed E-state index contributed by atoms with van der Waals surface area (Å²) in [4.78, 5) is 0.255. The number of hydrogen-bond donors (Lipinski definition) is 1. The van der Waals surface area contributed by atoms with Crippen LogP contribution in [0.4, 0.5) is 0 Å². The standard InChI is InChI=1S/C25H24N4O2S2/c30-33(31,22-14-8-3-9-15-22)26-18-23(19-10-4-1-5-11-19)32-25-28-27-24(20-16-17-20)29(25)21-12-6-2-7-13-21/h1-15,20,23,26H,16-18H2. The van der Waals surface area contributed by atoms with Gasteiger partial charge < -0.3 is 0 Å². The summed E-state index contributed by atoms with van der Waals surface area (Å²) in [5.74, 6) is 1.40. The Morgan fingerprint density at radius 3 is 2.12 bits per heavy atom. The van der Waals surface area contributed by atoms with Gasteiger partial charge in [0, 0.05) is 18.2 Å². The van der Waals surface area contributed by atoms with E-state index >= 15 is 0 Å². The van der Waals surface area contributed by atoms with E-state index in [0.717, 1.165) is 35.1 Å². The zero-order valence-electron chi connectivity index (χ0n) is 17.9. The van der Waals surface area contributed by atoms with Gasteiger partial charge in [0.2, 0.25) is 10.0 Å². The lowest BCUT2D eigenvalue weighted by Gasteiger charge is -2.18. The normalized spacial score (nSPS) is 14.8. The van der Waals surface area contributed by atoms with Crippen LogP contribution in [0.2, 0.25) is 0 Å². The Hall–Kier alpha value is -2.94. The fraction of sp³-hybridized carbons (Fsp3) is 0.200. The molecule has 1 N–H and O–H groups in total. The molecule has 0 radical (unpaired) electrons. The zero-order chi connectivity index (χ0) is 22.7. The fourth-order valence-corrected chi connectivity index (χ4v) is 5.95. The van der Waals surface area contributed by atoms with Gasteiger partial charge >= 0.3 is 0 Å². The molecule has 1 heterocycles. The second-order valence-electron chi connectivity index (χ2n) is 7.97. The van der Waals surface area contributed by atoms with Gasteiger partial charge in [-0.05, 0) is 42.7 Å². The van der Waals surface area contributed by atoms with Crippen LogP contribution in [0.1, 0.15) is 35.4 Å². The van der Waals surface area contributed by atoms with E-state index in [4.69, 9.17) is 0 Å². The molecule has 3 aromatic carbocycles. The number of nitrogens with one attached hydrogen (secondary N) is 1. The van der Waals surface area contributed by atoms with E-state index in [0.29, 0.717) is 5.92 Å². The molecule has 0 saturated heterocycles. The van der Waals surface area contributed by atoms with Crippen LogP contribution < -0.4 is 4.72 Å². The van der Waals surface area contributed by atoms with Crippen LogP contribution in [0.3, 0.4) is 0 Å². The Morgan fingerprint density at radius 2 is 1.48 bits per heavy atom. The Labute approximate surface area is 198 Å². The molecule has 1 aliphatic rings. The molecule has 1 fully saturated rings. The molecule has 1 saturated carbocycles. The first-order chi connectivity index (χ1) is 16.1. The topological polar surface area (TPSA) is 76.9 Å². The predicted molar refractivity (Wildman–Crippen MR) is 130 cm³/mol. The van der Waals surface area contributed by atoms with Gasteiger partial charge in [0.05, 0.1) is 10.1 Å². The van der Waals surface area contributed by atoms with Gasteiger partial charge in [-0.2, -0.15) is 0 Å². The molecule has 168 valence electrons. The van der Waals surface area contributed by atoms with Crippen molar-refractivity contribution in [3.05, 3.63) is 102 Å². The summed E-state index contributed by atoms with van der Waals surface area (Å²) in [7, 11) is -3.62. The van der Waals surface area contributed by atoms with E-state index in [9.17, 15) is 8.42 Å². The molecule has 8 heteroatoms. The fourth-order valence-electron chi connectivity index (χ4n) is 3.67. The largest absolute Gasteiger partial charge is 0.274 e. The van der Waals surface area contributed by atoms with E-state index in [1.165, 1.54) is 11.8 Å². The number of sulfonamides is 1. The number of aromatic nitrogens is 3. The first kappa shape index (κ1) is 21.9. The number of hydrogen-bond acceptors (Lipinski definition) is 5. The lowest BCUT2D eigenvalue weighted by Crippen LogP contribution is -2.27. The van der Waals surface area contributed by atoms with Crippen molar-refractivity contribution in [1.82, 2.24) is 19.5 Å². The molecule has 5 rings (SSSR count). The monoisotopic (exact) mass is 476 g/mol. The average Bonchev–Trinajstić information content (AvgIpc) is 3.63. The van der Waals surface area contributed by atoms with Gasteiger partial charge in [-0.15, -0.1) is 10.2 Å². The highest BCUT2D eigenvalue weighted by Crippen LogP contribution is 2.43. The molecule has 6 nitrogen and oxygen atoms in total. The third-order valence-electron chi connectivity index (χ3n) is 5.55. The molecule has 0 amide bonds. The lowest BCUT2D eigenvalue weighted by atomic mass is 10.1. The van der Waals surface area contributed by atoms with Gasteiger partial charge in [0.1, 0.15) is 5.82 Å². The Balaban J connectivity index is 1.46. The molecule has 0 aliphatic heterocycles. The van der Waals surface area contributed by atoms with Gasteiger partial charge in [-0.25, -0.2) is 13.1 Å². The van der Waals surface area contributed by atoms with Crippen molar-refractivity contribution in [2.75, 3.05) is 6.54 Å². The van der Waals surface area contributed by atoms with Crippen molar-refractivity contribution < 1.29 is 8.42 Å². The van der Waals surface area contributed by atoms with Crippen LogP contribution >= 0.6 is 11.8 Å². The van der Waals surface area contributed by atoms with Crippen molar-refractivity contribution in [3.8, 4) is 5.69 Å². The van der Waals surface area contributed by atoms with E-state index in [2.05, 4.69) is 31.6 Å². The van der Waals surface area contributed by atoms with Crippen LogP contribution in [0.25, 0.3) is 5.69 Å². The molecular weight excluding hydrogens is 452 g/mol. The van der Waals surface area contributed by atoms with E-state index in [1.807, 2.05) is 48.5 Å². The van der Waals surface area contributed by atoms with Crippen LogP contribution in [-0.4, -0.2) is 29.7 Å². The first-order valence-electron chi connectivity index (χ1n) is 10.9. The van der Waals surface area contributed by atoms with Gasteiger partial charge in [-0.3, -0.25) is 4.57 Å². The van der Waals surface area contributed by atoms with Crippen LogP contribution in [0.15, 0.2) is 101 Å². The third-order valence-corrected chi connectivity index (χ3v) is 8.18. The van der Waals surface area contributed by atoms with Gasteiger partial charge in [0.15, 0.2) is 5.16 Å². The highest BCUT2D eigenvalue weighted by Gasteiger charge is 2.32. The Bertz CT molecular complexity index is 1310. The molecule has 0 bridgehead atoms. The highest BCUT2D eigenvalue weighted by molar-refractivity contribution is 7.99. The number of para-hydroxylation sites is 1.